The minimum absolute atomic E-state index is 0.165. The number of alkyl halides is 3. The molecule has 186 valence electrons. The summed E-state index contributed by atoms with van der Waals surface area (Å²) >= 11 is 0.572. The Labute approximate surface area is 196 Å². The fourth-order valence-electron chi connectivity index (χ4n) is 4.13. The molecule has 0 bridgehead atoms. The highest BCUT2D eigenvalue weighted by atomic mass is 32.2. The largest absolute Gasteiger partial charge is 0.477 e. The van der Waals surface area contributed by atoms with Gasteiger partial charge in [0.2, 0.25) is 0 Å². The molecule has 7 nitrogen and oxygen atoms in total. The predicted molar refractivity (Wildman–Crippen MR) is 113 cm³/mol. The Kier molecular flexibility index (Phi) is 6.48. The van der Waals surface area contributed by atoms with Crippen LogP contribution in [0.1, 0.15) is 24.3 Å². The molecule has 2 fully saturated rings. The number of hydrogen-bond acceptors (Lipinski definition) is 7. The number of piperidine rings is 1. The van der Waals surface area contributed by atoms with Crippen molar-refractivity contribution in [3.8, 4) is 5.75 Å². The molecule has 14 heteroatoms. The van der Waals surface area contributed by atoms with Gasteiger partial charge in [0.05, 0.1) is 6.20 Å². The van der Waals surface area contributed by atoms with Gasteiger partial charge in [-0.3, -0.25) is 4.79 Å². The van der Waals surface area contributed by atoms with E-state index in [1.807, 2.05) is 0 Å². The van der Waals surface area contributed by atoms with E-state index in [1.165, 1.54) is 6.20 Å². The van der Waals surface area contributed by atoms with Crippen LogP contribution in [0.5, 0.6) is 5.75 Å². The Bertz CT molecular complexity index is 1190. The van der Waals surface area contributed by atoms with Crippen molar-refractivity contribution in [1.82, 2.24) is 9.88 Å². The van der Waals surface area contributed by atoms with Gasteiger partial charge < -0.3 is 14.5 Å². The molecule has 0 radical (unpaired) electrons. The molecule has 1 aromatic carbocycles. The third-order valence-corrected chi connectivity index (χ3v) is 8.01. The number of halogens is 5. The Morgan fingerprint density at radius 2 is 1.76 bits per heavy atom. The smallest absolute Gasteiger partial charge is 0.443 e. The third kappa shape index (κ3) is 4.97. The maximum Gasteiger partial charge on any atom is 0.443 e. The molecule has 1 aromatic heterocycles. The van der Waals surface area contributed by atoms with Crippen molar-refractivity contribution in [2.75, 3.05) is 30.8 Å². The van der Waals surface area contributed by atoms with Gasteiger partial charge in [0, 0.05) is 44.4 Å². The lowest BCUT2D eigenvalue weighted by molar-refractivity contribution is -0.137. The van der Waals surface area contributed by atoms with Crippen LogP contribution in [0.2, 0.25) is 0 Å². The molecule has 1 amide bonds. The minimum atomic E-state index is -4.49. The summed E-state index contributed by atoms with van der Waals surface area (Å²) in [5, 5.41) is -0.498. The fraction of sp³-hybridized carbons (Fsp3) is 0.500. The number of likely N-dealkylation sites (tertiary alicyclic amines) is 1. The summed E-state index contributed by atoms with van der Waals surface area (Å²) in [7, 11) is -3.97. The number of thiazole rings is 1. The molecule has 0 aliphatic carbocycles. The van der Waals surface area contributed by atoms with Crippen molar-refractivity contribution in [3.63, 3.8) is 0 Å². The van der Waals surface area contributed by atoms with Crippen molar-refractivity contribution in [2.45, 2.75) is 42.5 Å². The lowest BCUT2D eigenvalue weighted by Gasteiger charge is -2.37. The van der Waals surface area contributed by atoms with Crippen molar-refractivity contribution in [2.24, 2.45) is 0 Å². The number of amides is 1. The molecule has 0 saturated carbocycles. The molecule has 0 spiro atoms. The number of benzene rings is 1. The Morgan fingerprint density at radius 3 is 2.35 bits per heavy atom. The zero-order valence-electron chi connectivity index (χ0n) is 17.8. The van der Waals surface area contributed by atoms with E-state index in [1.54, 1.807) is 9.80 Å². The van der Waals surface area contributed by atoms with Gasteiger partial charge in [0.15, 0.2) is 32.5 Å². The zero-order chi connectivity index (χ0) is 24.8. The van der Waals surface area contributed by atoms with Crippen LogP contribution >= 0.6 is 11.3 Å². The average Bonchev–Trinajstić information content (AvgIpc) is 3.38. The molecular weight excluding hydrogens is 505 g/mol. The van der Waals surface area contributed by atoms with Crippen molar-refractivity contribution in [1.29, 1.82) is 0 Å². The standard InChI is InChI=1S/C20H20F5N3O4S2/c1-34(30,31)16-9-12(21)15(8-13(16)22)32-14-4-7-28(18(14)29)11-2-5-27(6-3-11)17-10-26-19(33-17)20(23,24)25/h8-11,14H,2-7H2,1H3. The van der Waals surface area contributed by atoms with Gasteiger partial charge in [0.1, 0.15) is 15.7 Å². The van der Waals surface area contributed by atoms with E-state index in [4.69, 9.17) is 4.74 Å². The molecule has 4 rings (SSSR count). The number of anilines is 1. The van der Waals surface area contributed by atoms with E-state index in [-0.39, 0.29) is 12.5 Å². The molecule has 2 aliphatic rings. The molecule has 2 aromatic rings. The van der Waals surface area contributed by atoms with Gasteiger partial charge in [-0.25, -0.2) is 22.2 Å². The SMILES string of the molecule is CS(=O)(=O)c1cc(F)c(OC2CCN(C3CCN(c4cnc(C(F)(F)F)s4)CC3)C2=O)cc1F. The quantitative estimate of drug-likeness (QED) is 0.557. The van der Waals surface area contributed by atoms with Gasteiger partial charge >= 0.3 is 6.18 Å². The van der Waals surface area contributed by atoms with Crippen LogP contribution in [-0.2, 0) is 20.8 Å². The van der Waals surface area contributed by atoms with E-state index in [9.17, 15) is 35.2 Å². The van der Waals surface area contributed by atoms with Gasteiger partial charge in [0.25, 0.3) is 5.91 Å². The summed E-state index contributed by atoms with van der Waals surface area (Å²) in [6, 6.07) is 0.975. The lowest BCUT2D eigenvalue weighted by Crippen LogP contribution is -2.46. The van der Waals surface area contributed by atoms with E-state index in [0.717, 1.165) is 6.26 Å². The molecule has 2 aliphatic heterocycles. The number of carbonyl (C=O) groups is 1. The van der Waals surface area contributed by atoms with Crippen LogP contribution in [0.15, 0.2) is 23.2 Å². The molecule has 34 heavy (non-hydrogen) atoms. The van der Waals surface area contributed by atoms with Crippen molar-refractivity contribution >= 4 is 32.1 Å². The molecular formula is C20H20F5N3O4S2. The second-order valence-corrected chi connectivity index (χ2v) is 11.1. The van der Waals surface area contributed by atoms with Gasteiger partial charge in [-0.05, 0) is 18.9 Å². The molecule has 0 N–H and O–H groups in total. The molecule has 1 atom stereocenters. The third-order valence-electron chi connectivity index (χ3n) is 5.80. The first-order valence-electron chi connectivity index (χ1n) is 10.3. The van der Waals surface area contributed by atoms with Crippen molar-refractivity contribution in [3.05, 3.63) is 35.0 Å². The van der Waals surface area contributed by atoms with Crippen LogP contribution in [0.4, 0.5) is 27.0 Å². The topological polar surface area (TPSA) is 79.8 Å². The Morgan fingerprint density at radius 1 is 1.09 bits per heavy atom. The summed E-state index contributed by atoms with van der Waals surface area (Å²) in [6.07, 6.45) is -2.33. The summed E-state index contributed by atoms with van der Waals surface area (Å²) in [6.45, 7) is 1.21. The van der Waals surface area contributed by atoms with Crippen LogP contribution in [0.25, 0.3) is 0 Å². The Balaban J connectivity index is 1.37. The molecule has 3 heterocycles. The predicted octanol–water partition coefficient (Wildman–Crippen LogP) is 3.49. The van der Waals surface area contributed by atoms with Gasteiger partial charge in [-0.2, -0.15) is 13.2 Å². The first-order chi connectivity index (χ1) is 15.8. The maximum atomic E-state index is 14.3. The first-order valence-corrected chi connectivity index (χ1v) is 13.0. The Hall–Kier alpha value is -2.48. The van der Waals surface area contributed by atoms with E-state index in [2.05, 4.69) is 4.98 Å². The number of nitrogens with zero attached hydrogens (tertiary/aromatic N) is 3. The second kappa shape index (κ2) is 8.95. The number of hydrogen-bond donors (Lipinski definition) is 0. The number of carbonyl (C=O) groups excluding carboxylic acids is 1. The van der Waals surface area contributed by atoms with E-state index in [0.29, 0.717) is 60.9 Å². The summed E-state index contributed by atoms with van der Waals surface area (Å²) in [4.78, 5) is 18.9. The average molecular weight is 526 g/mol. The second-order valence-electron chi connectivity index (χ2n) is 8.13. The van der Waals surface area contributed by atoms with Gasteiger partial charge in [-0.15, -0.1) is 0 Å². The highest BCUT2D eigenvalue weighted by Crippen LogP contribution is 2.37. The summed E-state index contributed by atoms with van der Waals surface area (Å²) in [5.41, 5.74) is 0. The molecule has 2 saturated heterocycles. The number of aromatic nitrogens is 1. The highest BCUT2D eigenvalue weighted by molar-refractivity contribution is 7.90. The van der Waals surface area contributed by atoms with Crippen LogP contribution in [0, 0.1) is 11.6 Å². The minimum Gasteiger partial charge on any atom is -0.477 e. The lowest BCUT2D eigenvalue weighted by atomic mass is 10.0. The monoisotopic (exact) mass is 525 g/mol. The maximum absolute atomic E-state index is 14.3. The number of ether oxygens (including phenoxy) is 1. The van der Waals surface area contributed by atoms with Crippen molar-refractivity contribution < 1.29 is 39.9 Å². The summed E-state index contributed by atoms with van der Waals surface area (Å²) in [5.74, 6) is -3.22. The van der Waals surface area contributed by atoms with Crippen LogP contribution in [0.3, 0.4) is 0 Å². The highest BCUT2D eigenvalue weighted by Gasteiger charge is 2.40. The zero-order valence-corrected chi connectivity index (χ0v) is 19.4. The van der Waals surface area contributed by atoms with Crippen LogP contribution in [-0.4, -0.2) is 62.2 Å². The fourth-order valence-corrected chi connectivity index (χ4v) is 5.69. The number of rotatable bonds is 5. The van der Waals surface area contributed by atoms with E-state index >= 15 is 0 Å². The number of sulfone groups is 1. The normalized spacial score (nSPS) is 20.3. The van der Waals surface area contributed by atoms with E-state index < -0.39 is 55.3 Å². The molecule has 1 unspecified atom stereocenters. The van der Waals surface area contributed by atoms with Crippen LogP contribution < -0.4 is 9.64 Å². The first kappa shape index (κ1) is 24.6. The van der Waals surface area contributed by atoms with Gasteiger partial charge in [-0.1, -0.05) is 11.3 Å². The summed E-state index contributed by atoms with van der Waals surface area (Å²) < 4.78 is 95.2.